The molecule has 7 nitrogen and oxygen atoms in total. The number of carbonyl (C=O) groups excluding carboxylic acids is 1. The number of aromatic amines is 1. The Balaban J connectivity index is 3.03. The molecule has 18 heavy (non-hydrogen) atoms. The van der Waals surface area contributed by atoms with Gasteiger partial charge >= 0.3 is 5.97 Å². The zero-order chi connectivity index (χ0) is 13.8. The summed E-state index contributed by atoms with van der Waals surface area (Å²) in [6.07, 6.45) is 1.78. The van der Waals surface area contributed by atoms with Crippen LogP contribution < -0.4 is 4.72 Å². The molecule has 0 aliphatic rings. The van der Waals surface area contributed by atoms with Crippen LogP contribution in [0.15, 0.2) is 11.2 Å². The van der Waals surface area contributed by atoms with Crippen LogP contribution in [0.5, 0.6) is 0 Å². The fourth-order valence-corrected chi connectivity index (χ4v) is 2.65. The average molecular weight is 275 g/mol. The lowest BCUT2D eigenvalue weighted by Crippen LogP contribution is -2.33. The van der Waals surface area contributed by atoms with Crippen LogP contribution in [0, 0.1) is 0 Å². The molecule has 1 aromatic heterocycles. The molecule has 0 radical (unpaired) electrons. The molecule has 0 aliphatic heterocycles. The van der Waals surface area contributed by atoms with Crippen molar-refractivity contribution >= 4 is 16.0 Å². The summed E-state index contributed by atoms with van der Waals surface area (Å²) in [4.78, 5) is 11.6. The van der Waals surface area contributed by atoms with Crippen LogP contribution in [0.2, 0.25) is 0 Å². The first-order valence-corrected chi connectivity index (χ1v) is 7.13. The molecule has 0 fully saturated rings. The van der Waals surface area contributed by atoms with E-state index in [0.717, 1.165) is 6.20 Å². The highest BCUT2D eigenvalue weighted by Gasteiger charge is 2.26. The Labute approximate surface area is 106 Å². The first-order chi connectivity index (χ1) is 8.42. The number of carbonyl (C=O) groups is 1. The molecular weight excluding hydrogens is 258 g/mol. The van der Waals surface area contributed by atoms with E-state index in [2.05, 4.69) is 14.9 Å². The van der Waals surface area contributed by atoms with Gasteiger partial charge in [0.05, 0.1) is 12.8 Å². The maximum atomic E-state index is 12.0. The Morgan fingerprint density at radius 2 is 2.22 bits per heavy atom. The zero-order valence-electron chi connectivity index (χ0n) is 10.6. The van der Waals surface area contributed by atoms with Gasteiger partial charge < -0.3 is 4.74 Å². The van der Waals surface area contributed by atoms with E-state index < -0.39 is 16.0 Å². The molecule has 0 saturated heterocycles. The van der Waals surface area contributed by atoms with Crippen LogP contribution in [-0.2, 0) is 14.8 Å². The Hall–Kier alpha value is -1.41. The SMILES string of the molecule is CCOC(=O)c1cn[nH]c1S(=O)(=O)NC(C)CC. The monoisotopic (exact) mass is 275 g/mol. The molecule has 1 heterocycles. The van der Waals surface area contributed by atoms with Gasteiger partial charge in [0.2, 0.25) is 0 Å². The number of ether oxygens (including phenoxy) is 1. The van der Waals surface area contributed by atoms with Gasteiger partial charge in [-0.25, -0.2) is 17.9 Å². The number of aromatic nitrogens is 2. The number of esters is 1. The molecule has 102 valence electrons. The molecule has 0 amide bonds. The summed E-state index contributed by atoms with van der Waals surface area (Å²) in [5.41, 5.74) is -0.0901. The fourth-order valence-electron chi connectivity index (χ4n) is 1.24. The second-order valence-electron chi connectivity index (χ2n) is 3.76. The Bertz CT molecular complexity index is 509. The Kier molecular flexibility index (Phi) is 4.85. The van der Waals surface area contributed by atoms with Crippen LogP contribution in [0.3, 0.4) is 0 Å². The summed E-state index contributed by atoms with van der Waals surface area (Å²) >= 11 is 0. The van der Waals surface area contributed by atoms with E-state index in [9.17, 15) is 13.2 Å². The van der Waals surface area contributed by atoms with E-state index in [4.69, 9.17) is 4.74 Å². The van der Waals surface area contributed by atoms with E-state index in [-0.39, 0.29) is 23.2 Å². The van der Waals surface area contributed by atoms with Gasteiger partial charge in [-0.1, -0.05) is 6.92 Å². The summed E-state index contributed by atoms with van der Waals surface area (Å²) in [6, 6.07) is -0.228. The summed E-state index contributed by atoms with van der Waals surface area (Å²) < 4.78 is 31.2. The standard InChI is InChI=1S/C10H17N3O4S/c1-4-7(3)13-18(15,16)9-8(6-11-12-9)10(14)17-5-2/h6-7,13H,4-5H2,1-3H3,(H,11,12). The Morgan fingerprint density at radius 1 is 1.56 bits per heavy atom. The van der Waals surface area contributed by atoms with Gasteiger partial charge in [-0.05, 0) is 20.3 Å². The highest BCUT2D eigenvalue weighted by Crippen LogP contribution is 2.13. The van der Waals surface area contributed by atoms with Gasteiger partial charge in [-0.2, -0.15) is 5.10 Å². The number of sulfonamides is 1. The Morgan fingerprint density at radius 3 is 2.78 bits per heavy atom. The lowest BCUT2D eigenvalue weighted by atomic mass is 10.3. The third-order valence-electron chi connectivity index (χ3n) is 2.34. The van der Waals surface area contributed by atoms with Gasteiger partial charge in [-0.3, -0.25) is 5.10 Å². The van der Waals surface area contributed by atoms with Crippen molar-refractivity contribution in [2.24, 2.45) is 0 Å². The van der Waals surface area contributed by atoms with Crippen molar-refractivity contribution in [1.29, 1.82) is 0 Å². The number of hydrogen-bond donors (Lipinski definition) is 2. The van der Waals surface area contributed by atoms with Crippen LogP contribution in [0.4, 0.5) is 0 Å². The average Bonchev–Trinajstić information content (AvgIpc) is 2.78. The van der Waals surface area contributed by atoms with E-state index in [1.54, 1.807) is 13.8 Å². The first-order valence-electron chi connectivity index (χ1n) is 5.65. The number of H-pyrrole nitrogens is 1. The van der Waals surface area contributed by atoms with Crippen LogP contribution in [-0.4, -0.2) is 37.2 Å². The summed E-state index contributed by atoms with van der Waals surface area (Å²) in [5, 5.41) is 5.63. The second kappa shape index (κ2) is 5.96. The highest BCUT2D eigenvalue weighted by atomic mass is 32.2. The van der Waals surface area contributed by atoms with E-state index >= 15 is 0 Å². The molecule has 1 atom stereocenters. The van der Waals surface area contributed by atoms with Gasteiger partial charge in [0, 0.05) is 6.04 Å². The maximum Gasteiger partial charge on any atom is 0.342 e. The molecule has 0 aromatic carbocycles. The molecule has 1 unspecified atom stereocenters. The summed E-state index contributed by atoms with van der Waals surface area (Å²) in [5.74, 6) is -0.712. The number of hydrogen-bond acceptors (Lipinski definition) is 5. The third kappa shape index (κ3) is 3.30. The van der Waals surface area contributed by atoms with Gasteiger partial charge in [0.1, 0.15) is 5.56 Å². The summed E-state index contributed by atoms with van der Waals surface area (Å²) in [6.45, 7) is 5.40. The number of nitrogens with zero attached hydrogens (tertiary/aromatic N) is 1. The van der Waals surface area contributed by atoms with Gasteiger partial charge in [0.25, 0.3) is 10.0 Å². The third-order valence-corrected chi connectivity index (χ3v) is 3.90. The molecular formula is C10H17N3O4S. The molecule has 1 rings (SSSR count). The van der Waals surface area contributed by atoms with E-state index in [0.29, 0.717) is 6.42 Å². The molecule has 8 heteroatoms. The van der Waals surface area contributed by atoms with Crippen molar-refractivity contribution < 1.29 is 17.9 Å². The second-order valence-corrected chi connectivity index (χ2v) is 5.41. The highest BCUT2D eigenvalue weighted by molar-refractivity contribution is 7.89. The molecule has 2 N–H and O–H groups in total. The normalized spacial score (nSPS) is 13.3. The van der Waals surface area contributed by atoms with Crippen molar-refractivity contribution in [1.82, 2.24) is 14.9 Å². The van der Waals surface area contributed by atoms with Crippen molar-refractivity contribution in [3.05, 3.63) is 11.8 Å². The first kappa shape index (κ1) is 14.7. The van der Waals surface area contributed by atoms with E-state index in [1.807, 2.05) is 6.92 Å². The minimum atomic E-state index is -3.79. The van der Waals surface area contributed by atoms with Gasteiger partial charge in [-0.15, -0.1) is 0 Å². The predicted molar refractivity (Wildman–Crippen MR) is 64.6 cm³/mol. The lowest BCUT2D eigenvalue weighted by molar-refractivity contribution is 0.0522. The molecule has 1 aromatic rings. The topological polar surface area (TPSA) is 101 Å². The predicted octanol–water partition coefficient (Wildman–Crippen LogP) is 0.663. The molecule has 0 aliphatic carbocycles. The minimum Gasteiger partial charge on any atom is -0.462 e. The van der Waals surface area contributed by atoms with Crippen molar-refractivity contribution in [2.75, 3.05) is 6.61 Å². The fraction of sp³-hybridized carbons (Fsp3) is 0.600. The van der Waals surface area contributed by atoms with Crippen molar-refractivity contribution in [3.8, 4) is 0 Å². The lowest BCUT2D eigenvalue weighted by Gasteiger charge is -2.11. The van der Waals surface area contributed by atoms with Crippen molar-refractivity contribution in [2.45, 2.75) is 38.3 Å². The minimum absolute atomic E-state index is 0.0901. The number of rotatable bonds is 6. The number of nitrogens with one attached hydrogen (secondary N) is 2. The smallest absolute Gasteiger partial charge is 0.342 e. The van der Waals surface area contributed by atoms with Gasteiger partial charge in [0.15, 0.2) is 5.03 Å². The maximum absolute atomic E-state index is 12.0. The molecule has 0 spiro atoms. The quantitative estimate of drug-likeness (QED) is 0.743. The van der Waals surface area contributed by atoms with Crippen LogP contribution in [0.25, 0.3) is 0 Å². The molecule has 0 saturated carbocycles. The van der Waals surface area contributed by atoms with E-state index in [1.165, 1.54) is 0 Å². The van der Waals surface area contributed by atoms with Crippen LogP contribution >= 0.6 is 0 Å². The molecule has 0 bridgehead atoms. The van der Waals surface area contributed by atoms with Crippen LogP contribution in [0.1, 0.15) is 37.6 Å². The zero-order valence-corrected chi connectivity index (χ0v) is 11.4. The van der Waals surface area contributed by atoms with Crippen molar-refractivity contribution in [3.63, 3.8) is 0 Å². The largest absolute Gasteiger partial charge is 0.462 e. The summed E-state index contributed by atoms with van der Waals surface area (Å²) in [7, 11) is -3.79.